The number of aryl methyl sites for hydroxylation is 1. The third kappa shape index (κ3) is 2.93. The number of hydrogen-bond donors (Lipinski definition) is 1. The average Bonchev–Trinajstić information content (AvgIpc) is 2.41. The van der Waals surface area contributed by atoms with Gasteiger partial charge in [0.15, 0.2) is 0 Å². The molecule has 1 heterocycles. The molecule has 0 radical (unpaired) electrons. The van der Waals surface area contributed by atoms with E-state index in [1.54, 1.807) is 0 Å². The van der Waals surface area contributed by atoms with Crippen LogP contribution in [0.2, 0.25) is 0 Å². The van der Waals surface area contributed by atoms with E-state index in [0.29, 0.717) is 5.69 Å². The van der Waals surface area contributed by atoms with Crippen molar-refractivity contribution in [3.63, 3.8) is 0 Å². The SMILES string of the molecule is Cc1cccc(C(C)C)c1NS(=O)(=O)c1ncncn1. The van der Waals surface area contributed by atoms with Gasteiger partial charge in [0.25, 0.3) is 15.2 Å². The quantitative estimate of drug-likeness (QED) is 0.932. The Balaban J connectivity index is 2.45. The van der Waals surface area contributed by atoms with Gasteiger partial charge in [-0.05, 0) is 24.0 Å². The van der Waals surface area contributed by atoms with Gasteiger partial charge in [-0.15, -0.1) is 0 Å². The molecule has 0 saturated carbocycles. The Labute approximate surface area is 118 Å². The number of sulfonamides is 1. The summed E-state index contributed by atoms with van der Waals surface area (Å²) in [6, 6.07) is 5.67. The minimum absolute atomic E-state index is 0.200. The van der Waals surface area contributed by atoms with E-state index in [4.69, 9.17) is 0 Å². The molecule has 0 saturated heterocycles. The topological polar surface area (TPSA) is 84.8 Å². The van der Waals surface area contributed by atoms with Gasteiger partial charge in [-0.3, -0.25) is 4.72 Å². The van der Waals surface area contributed by atoms with Gasteiger partial charge in [-0.1, -0.05) is 32.0 Å². The van der Waals surface area contributed by atoms with Crippen molar-refractivity contribution < 1.29 is 8.42 Å². The van der Waals surface area contributed by atoms with Crippen molar-refractivity contribution in [2.75, 3.05) is 4.72 Å². The highest BCUT2D eigenvalue weighted by atomic mass is 32.2. The van der Waals surface area contributed by atoms with Crippen LogP contribution >= 0.6 is 0 Å². The summed E-state index contributed by atoms with van der Waals surface area (Å²) in [5, 5.41) is -0.287. The third-order valence-corrected chi connectivity index (χ3v) is 4.04. The molecule has 0 atom stereocenters. The van der Waals surface area contributed by atoms with E-state index in [1.165, 1.54) is 0 Å². The lowest BCUT2D eigenvalue weighted by atomic mass is 9.99. The van der Waals surface area contributed by atoms with E-state index in [-0.39, 0.29) is 11.1 Å². The van der Waals surface area contributed by atoms with Crippen LogP contribution in [-0.4, -0.2) is 23.4 Å². The van der Waals surface area contributed by atoms with Gasteiger partial charge in [0.2, 0.25) is 0 Å². The Kier molecular flexibility index (Phi) is 3.99. The zero-order valence-electron chi connectivity index (χ0n) is 11.5. The number of anilines is 1. The maximum Gasteiger partial charge on any atom is 0.297 e. The summed E-state index contributed by atoms with van der Waals surface area (Å²) in [5.41, 5.74) is 2.37. The number of benzene rings is 1. The van der Waals surface area contributed by atoms with Crippen molar-refractivity contribution in [1.82, 2.24) is 15.0 Å². The van der Waals surface area contributed by atoms with Crippen LogP contribution in [0.5, 0.6) is 0 Å². The molecule has 0 amide bonds. The number of hydrogen-bond acceptors (Lipinski definition) is 5. The molecule has 0 fully saturated rings. The Morgan fingerprint density at radius 3 is 2.40 bits per heavy atom. The Morgan fingerprint density at radius 1 is 1.15 bits per heavy atom. The van der Waals surface area contributed by atoms with Crippen LogP contribution < -0.4 is 4.72 Å². The predicted molar refractivity (Wildman–Crippen MR) is 75.9 cm³/mol. The highest BCUT2D eigenvalue weighted by Gasteiger charge is 2.20. The molecule has 1 aromatic heterocycles. The molecule has 0 aliphatic rings. The van der Waals surface area contributed by atoms with E-state index in [9.17, 15) is 8.42 Å². The maximum absolute atomic E-state index is 12.3. The Bertz CT molecular complexity index is 700. The molecule has 1 aromatic carbocycles. The van der Waals surface area contributed by atoms with Crippen molar-refractivity contribution in [3.8, 4) is 0 Å². The lowest BCUT2D eigenvalue weighted by molar-refractivity contribution is 0.591. The highest BCUT2D eigenvalue weighted by molar-refractivity contribution is 7.92. The second-order valence-corrected chi connectivity index (χ2v) is 6.30. The molecule has 2 rings (SSSR count). The third-order valence-electron chi connectivity index (χ3n) is 2.87. The molecule has 0 aliphatic heterocycles. The first-order chi connectivity index (χ1) is 9.42. The summed E-state index contributed by atoms with van der Waals surface area (Å²) in [5.74, 6) is 0.200. The van der Waals surface area contributed by atoms with Crippen LogP contribution in [0.1, 0.15) is 30.9 Å². The van der Waals surface area contributed by atoms with Gasteiger partial charge < -0.3 is 0 Å². The molecule has 20 heavy (non-hydrogen) atoms. The van der Waals surface area contributed by atoms with E-state index >= 15 is 0 Å². The van der Waals surface area contributed by atoms with Crippen molar-refractivity contribution >= 4 is 15.7 Å². The van der Waals surface area contributed by atoms with Gasteiger partial charge in [-0.25, -0.2) is 15.0 Å². The van der Waals surface area contributed by atoms with Crippen LogP contribution in [0, 0.1) is 6.92 Å². The number of para-hydroxylation sites is 1. The van der Waals surface area contributed by atoms with Crippen molar-refractivity contribution in [2.24, 2.45) is 0 Å². The standard InChI is InChI=1S/C13H16N4O2S/c1-9(2)11-6-4-5-10(3)12(11)17-20(18,19)13-15-7-14-8-16-13/h4-9,17H,1-3H3. The Morgan fingerprint density at radius 2 is 1.80 bits per heavy atom. The van der Waals surface area contributed by atoms with Gasteiger partial charge in [-0.2, -0.15) is 8.42 Å². The molecule has 6 nitrogen and oxygen atoms in total. The number of rotatable bonds is 4. The average molecular weight is 292 g/mol. The van der Waals surface area contributed by atoms with Crippen LogP contribution in [0.4, 0.5) is 5.69 Å². The van der Waals surface area contributed by atoms with Gasteiger partial charge in [0, 0.05) is 0 Å². The van der Waals surface area contributed by atoms with Gasteiger partial charge in [0.1, 0.15) is 12.7 Å². The summed E-state index contributed by atoms with van der Waals surface area (Å²) < 4.78 is 27.1. The minimum atomic E-state index is -3.80. The highest BCUT2D eigenvalue weighted by Crippen LogP contribution is 2.28. The van der Waals surface area contributed by atoms with Crippen LogP contribution in [0.15, 0.2) is 36.0 Å². The minimum Gasteiger partial charge on any atom is -0.276 e. The number of nitrogens with zero attached hydrogens (tertiary/aromatic N) is 3. The monoisotopic (exact) mass is 292 g/mol. The van der Waals surface area contributed by atoms with Gasteiger partial charge in [0.05, 0.1) is 5.69 Å². The second-order valence-electron chi connectivity index (χ2n) is 4.72. The molecule has 0 aliphatic carbocycles. The largest absolute Gasteiger partial charge is 0.297 e. The first-order valence-electron chi connectivity index (χ1n) is 6.16. The van der Waals surface area contributed by atoms with Crippen LogP contribution in [0.25, 0.3) is 0 Å². The summed E-state index contributed by atoms with van der Waals surface area (Å²) in [4.78, 5) is 11.0. The summed E-state index contributed by atoms with van der Waals surface area (Å²) in [6.45, 7) is 5.88. The zero-order chi connectivity index (χ0) is 14.8. The second kappa shape index (κ2) is 5.54. The Hall–Kier alpha value is -2.02. The first kappa shape index (κ1) is 14.4. The van der Waals surface area contributed by atoms with Gasteiger partial charge >= 0.3 is 0 Å². The molecule has 2 aromatic rings. The maximum atomic E-state index is 12.3. The summed E-state index contributed by atoms with van der Waals surface area (Å²) >= 11 is 0. The molecule has 1 N–H and O–H groups in total. The number of nitrogens with one attached hydrogen (secondary N) is 1. The van der Waals surface area contributed by atoms with Crippen LogP contribution in [0.3, 0.4) is 0 Å². The van der Waals surface area contributed by atoms with E-state index in [0.717, 1.165) is 23.8 Å². The molecular weight excluding hydrogens is 276 g/mol. The molecule has 106 valence electrons. The van der Waals surface area contributed by atoms with Crippen molar-refractivity contribution in [3.05, 3.63) is 42.0 Å². The predicted octanol–water partition coefficient (Wildman–Crippen LogP) is 2.10. The van der Waals surface area contributed by atoms with Crippen molar-refractivity contribution in [1.29, 1.82) is 0 Å². The lowest BCUT2D eigenvalue weighted by Gasteiger charge is -2.16. The van der Waals surface area contributed by atoms with E-state index in [1.807, 2.05) is 39.0 Å². The first-order valence-corrected chi connectivity index (χ1v) is 7.64. The van der Waals surface area contributed by atoms with E-state index in [2.05, 4.69) is 19.7 Å². The normalized spacial score (nSPS) is 11.6. The molecule has 0 unspecified atom stereocenters. The zero-order valence-corrected chi connectivity index (χ0v) is 12.3. The summed E-state index contributed by atoms with van der Waals surface area (Å²) in [7, 11) is -3.80. The molecule has 0 bridgehead atoms. The number of aromatic nitrogens is 3. The van der Waals surface area contributed by atoms with E-state index < -0.39 is 10.0 Å². The summed E-state index contributed by atoms with van der Waals surface area (Å²) in [6.07, 6.45) is 2.31. The van der Waals surface area contributed by atoms with Crippen LogP contribution in [-0.2, 0) is 10.0 Å². The fourth-order valence-electron chi connectivity index (χ4n) is 1.86. The molecule has 7 heteroatoms. The smallest absolute Gasteiger partial charge is 0.276 e. The fraction of sp³-hybridized carbons (Fsp3) is 0.308. The molecule has 0 spiro atoms. The fourth-order valence-corrected chi connectivity index (χ4v) is 2.87. The lowest BCUT2D eigenvalue weighted by Crippen LogP contribution is -2.18. The molecular formula is C13H16N4O2S. The van der Waals surface area contributed by atoms with Crippen molar-refractivity contribution in [2.45, 2.75) is 31.8 Å².